The standard InChI is InChI=1S/C13H19N5S/c1-4-5-10-16-9(14)8-11(17-10)18-13(2,3)12-15-6-7-19-12/h6-8H,4-5H2,1-3H3,(H3,14,16,17,18). The van der Waals surface area contributed by atoms with Gasteiger partial charge < -0.3 is 11.1 Å². The maximum Gasteiger partial charge on any atom is 0.133 e. The van der Waals surface area contributed by atoms with Crippen molar-refractivity contribution in [3.63, 3.8) is 0 Å². The van der Waals surface area contributed by atoms with Gasteiger partial charge in [-0.3, -0.25) is 0 Å². The van der Waals surface area contributed by atoms with Crippen LogP contribution in [0.3, 0.4) is 0 Å². The Morgan fingerprint density at radius 1 is 1.37 bits per heavy atom. The predicted octanol–water partition coefficient (Wildman–Crippen LogP) is 2.82. The van der Waals surface area contributed by atoms with Gasteiger partial charge in [0.2, 0.25) is 0 Å². The number of rotatable bonds is 5. The maximum absolute atomic E-state index is 5.82. The normalized spacial score (nSPS) is 11.5. The van der Waals surface area contributed by atoms with Crippen LogP contribution in [0.4, 0.5) is 11.6 Å². The molecule has 5 nitrogen and oxygen atoms in total. The highest BCUT2D eigenvalue weighted by Crippen LogP contribution is 2.26. The second kappa shape index (κ2) is 5.52. The summed E-state index contributed by atoms with van der Waals surface area (Å²) in [5.74, 6) is 2.02. The van der Waals surface area contributed by atoms with Crippen molar-refractivity contribution in [2.24, 2.45) is 0 Å². The van der Waals surface area contributed by atoms with Crippen molar-refractivity contribution in [3.05, 3.63) is 28.5 Å². The lowest BCUT2D eigenvalue weighted by Crippen LogP contribution is -2.28. The molecule has 2 aromatic heterocycles. The van der Waals surface area contributed by atoms with Crippen molar-refractivity contribution in [1.29, 1.82) is 0 Å². The zero-order chi connectivity index (χ0) is 13.9. The summed E-state index contributed by atoms with van der Waals surface area (Å²) in [4.78, 5) is 13.1. The third kappa shape index (κ3) is 3.41. The molecule has 19 heavy (non-hydrogen) atoms. The quantitative estimate of drug-likeness (QED) is 0.878. The molecule has 0 unspecified atom stereocenters. The molecule has 0 saturated heterocycles. The number of thiazole rings is 1. The Labute approximate surface area is 117 Å². The molecular weight excluding hydrogens is 258 g/mol. The number of anilines is 2. The van der Waals surface area contributed by atoms with Gasteiger partial charge in [-0.05, 0) is 20.3 Å². The number of nitrogens with two attached hydrogens (primary N) is 1. The molecular formula is C13H19N5S. The second-order valence-electron chi connectivity index (χ2n) is 4.93. The molecule has 0 bridgehead atoms. The Morgan fingerprint density at radius 3 is 2.79 bits per heavy atom. The first-order chi connectivity index (χ1) is 9.01. The number of aryl methyl sites for hydroxylation is 1. The second-order valence-corrected chi connectivity index (χ2v) is 5.83. The molecule has 2 heterocycles. The van der Waals surface area contributed by atoms with Gasteiger partial charge in [0.1, 0.15) is 22.5 Å². The van der Waals surface area contributed by atoms with Crippen molar-refractivity contribution in [2.45, 2.75) is 39.2 Å². The fourth-order valence-corrected chi connectivity index (χ4v) is 2.54. The van der Waals surface area contributed by atoms with E-state index in [-0.39, 0.29) is 5.54 Å². The summed E-state index contributed by atoms with van der Waals surface area (Å²) >= 11 is 1.62. The van der Waals surface area contributed by atoms with E-state index in [2.05, 4.69) is 41.0 Å². The zero-order valence-corrected chi connectivity index (χ0v) is 12.3. The van der Waals surface area contributed by atoms with E-state index in [1.165, 1.54) is 0 Å². The van der Waals surface area contributed by atoms with Crippen LogP contribution in [-0.2, 0) is 12.0 Å². The van der Waals surface area contributed by atoms with Crippen molar-refractivity contribution in [2.75, 3.05) is 11.1 Å². The van der Waals surface area contributed by atoms with E-state index in [1.807, 2.05) is 5.38 Å². The summed E-state index contributed by atoms with van der Waals surface area (Å²) in [6.45, 7) is 6.24. The van der Waals surface area contributed by atoms with Crippen molar-refractivity contribution in [1.82, 2.24) is 15.0 Å². The number of nitrogens with one attached hydrogen (secondary N) is 1. The Bertz CT molecular complexity index is 536. The van der Waals surface area contributed by atoms with Gasteiger partial charge in [0.05, 0.1) is 5.54 Å². The van der Waals surface area contributed by atoms with Crippen LogP contribution in [-0.4, -0.2) is 15.0 Å². The van der Waals surface area contributed by atoms with Gasteiger partial charge in [0.25, 0.3) is 0 Å². The number of nitrogens with zero attached hydrogens (tertiary/aromatic N) is 3. The van der Waals surface area contributed by atoms with Crippen LogP contribution < -0.4 is 11.1 Å². The highest BCUT2D eigenvalue weighted by molar-refractivity contribution is 7.09. The van der Waals surface area contributed by atoms with Crippen LogP contribution in [0.1, 0.15) is 38.0 Å². The zero-order valence-electron chi connectivity index (χ0n) is 11.5. The van der Waals surface area contributed by atoms with Gasteiger partial charge in [-0.25, -0.2) is 15.0 Å². The van der Waals surface area contributed by atoms with Gasteiger partial charge in [0, 0.05) is 24.1 Å². The lowest BCUT2D eigenvalue weighted by molar-refractivity contribution is 0.599. The molecule has 0 aliphatic carbocycles. The maximum atomic E-state index is 5.82. The van der Waals surface area contributed by atoms with E-state index < -0.39 is 0 Å². The molecule has 0 amide bonds. The van der Waals surface area contributed by atoms with Crippen LogP contribution in [0.2, 0.25) is 0 Å². The van der Waals surface area contributed by atoms with Crippen LogP contribution in [0.15, 0.2) is 17.6 Å². The molecule has 0 saturated carbocycles. The molecule has 0 spiro atoms. The number of nitrogen functional groups attached to an aromatic ring is 1. The van der Waals surface area contributed by atoms with Crippen LogP contribution in [0.5, 0.6) is 0 Å². The van der Waals surface area contributed by atoms with Gasteiger partial charge in [-0.15, -0.1) is 11.3 Å². The van der Waals surface area contributed by atoms with E-state index in [1.54, 1.807) is 23.6 Å². The first-order valence-electron chi connectivity index (χ1n) is 6.33. The Kier molecular flexibility index (Phi) is 3.99. The first kappa shape index (κ1) is 13.7. The van der Waals surface area contributed by atoms with E-state index in [0.717, 1.165) is 29.5 Å². The largest absolute Gasteiger partial charge is 0.384 e. The summed E-state index contributed by atoms with van der Waals surface area (Å²) < 4.78 is 0. The summed E-state index contributed by atoms with van der Waals surface area (Å²) in [6.07, 6.45) is 3.64. The summed E-state index contributed by atoms with van der Waals surface area (Å²) in [5.41, 5.74) is 5.54. The summed E-state index contributed by atoms with van der Waals surface area (Å²) in [5, 5.41) is 6.36. The smallest absolute Gasteiger partial charge is 0.133 e. The molecule has 6 heteroatoms. The van der Waals surface area contributed by atoms with Crippen LogP contribution in [0.25, 0.3) is 0 Å². The van der Waals surface area contributed by atoms with E-state index in [0.29, 0.717) is 5.82 Å². The lowest BCUT2D eigenvalue weighted by Gasteiger charge is -2.24. The highest BCUT2D eigenvalue weighted by Gasteiger charge is 2.23. The summed E-state index contributed by atoms with van der Waals surface area (Å²) in [6, 6.07) is 1.76. The number of hydrogen-bond donors (Lipinski definition) is 2. The SMILES string of the molecule is CCCc1nc(N)cc(NC(C)(C)c2nccs2)n1. The van der Waals surface area contributed by atoms with Crippen LogP contribution in [0, 0.1) is 0 Å². The molecule has 0 atom stereocenters. The lowest BCUT2D eigenvalue weighted by atomic mass is 10.1. The molecule has 102 valence electrons. The average Bonchev–Trinajstić information content (AvgIpc) is 2.81. The monoisotopic (exact) mass is 277 g/mol. The minimum Gasteiger partial charge on any atom is -0.384 e. The molecule has 3 N–H and O–H groups in total. The number of hydrogen-bond acceptors (Lipinski definition) is 6. The molecule has 0 aliphatic heterocycles. The minimum atomic E-state index is -0.279. The Balaban J connectivity index is 2.23. The third-order valence-corrected chi connectivity index (χ3v) is 3.77. The fourth-order valence-electron chi connectivity index (χ4n) is 1.82. The summed E-state index contributed by atoms with van der Waals surface area (Å²) in [7, 11) is 0. The minimum absolute atomic E-state index is 0.279. The molecule has 0 radical (unpaired) electrons. The van der Waals surface area contributed by atoms with E-state index in [9.17, 15) is 0 Å². The molecule has 0 fully saturated rings. The van der Waals surface area contributed by atoms with Crippen molar-refractivity contribution >= 4 is 23.0 Å². The van der Waals surface area contributed by atoms with Crippen LogP contribution >= 0.6 is 11.3 Å². The highest BCUT2D eigenvalue weighted by atomic mass is 32.1. The predicted molar refractivity (Wildman–Crippen MR) is 79.2 cm³/mol. The molecule has 2 rings (SSSR count). The average molecular weight is 277 g/mol. The number of aromatic nitrogens is 3. The van der Waals surface area contributed by atoms with E-state index in [4.69, 9.17) is 5.73 Å². The molecule has 2 aromatic rings. The van der Waals surface area contributed by atoms with Gasteiger partial charge in [0.15, 0.2) is 0 Å². The van der Waals surface area contributed by atoms with Gasteiger partial charge in [-0.1, -0.05) is 6.92 Å². The molecule has 0 aliphatic rings. The van der Waals surface area contributed by atoms with E-state index >= 15 is 0 Å². The Morgan fingerprint density at radius 2 is 2.16 bits per heavy atom. The topological polar surface area (TPSA) is 76.7 Å². The fraction of sp³-hybridized carbons (Fsp3) is 0.462. The van der Waals surface area contributed by atoms with Crippen molar-refractivity contribution < 1.29 is 0 Å². The molecule has 0 aromatic carbocycles. The van der Waals surface area contributed by atoms with Gasteiger partial charge >= 0.3 is 0 Å². The third-order valence-electron chi connectivity index (χ3n) is 2.67. The first-order valence-corrected chi connectivity index (χ1v) is 7.21. The Hall–Kier alpha value is -1.69. The van der Waals surface area contributed by atoms with Gasteiger partial charge in [-0.2, -0.15) is 0 Å². The van der Waals surface area contributed by atoms with Crippen molar-refractivity contribution in [3.8, 4) is 0 Å².